The largest absolute Gasteiger partial charge is 0.478 e. The number of benzene rings is 1. The van der Waals surface area contributed by atoms with Gasteiger partial charge in [-0.2, -0.15) is 0 Å². The second-order valence-electron chi connectivity index (χ2n) is 4.15. The molecule has 1 atom stereocenters. The zero-order chi connectivity index (χ0) is 14.7. The van der Waals surface area contributed by atoms with Crippen molar-refractivity contribution in [1.29, 1.82) is 0 Å². The van der Waals surface area contributed by atoms with E-state index in [1.165, 1.54) is 19.1 Å². The molecule has 7 heteroatoms. The number of rotatable bonds is 4. The molecule has 2 aromatic rings. The number of halogens is 2. The SMILES string of the molecule is Cc1cc(NC(=O)C(C)Oc2ccc(Br)cc2F)no1. The van der Waals surface area contributed by atoms with Crippen LogP contribution in [-0.2, 0) is 4.79 Å². The molecule has 5 nitrogen and oxygen atoms in total. The Labute approximate surface area is 123 Å². The van der Waals surface area contributed by atoms with Crippen LogP contribution < -0.4 is 10.1 Å². The van der Waals surface area contributed by atoms with Gasteiger partial charge in [-0.1, -0.05) is 21.1 Å². The molecule has 2 rings (SSSR count). The fourth-order valence-corrected chi connectivity index (χ4v) is 1.80. The van der Waals surface area contributed by atoms with E-state index in [0.717, 1.165) is 0 Å². The lowest BCUT2D eigenvalue weighted by Gasteiger charge is -2.14. The predicted molar refractivity (Wildman–Crippen MR) is 74.1 cm³/mol. The van der Waals surface area contributed by atoms with Crippen LogP contribution in [0.15, 0.2) is 33.3 Å². The molecule has 0 bridgehead atoms. The van der Waals surface area contributed by atoms with Crippen LogP contribution in [-0.4, -0.2) is 17.2 Å². The first-order valence-electron chi connectivity index (χ1n) is 5.81. The average molecular weight is 343 g/mol. The Kier molecular flexibility index (Phi) is 4.39. The number of aryl methyl sites for hydroxylation is 1. The highest BCUT2D eigenvalue weighted by molar-refractivity contribution is 9.10. The number of carbonyl (C=O) groups is 1. The molecule has 20 heavy (non-hydrogen) atoms. The normalized spacial score (nSPS) is 12.0. The number of hydrogen-bond donors (Lipinski definition) is 1. The van der Waals surface area contributed by atoms with Crippen LogP contribution in [0.3, 0.4) is 0 Å². The van der Waals surface area contributed by atoms with Crippen LogP contribution in [0.5, 0.6) is 5.75 Å². The molecule has 106 valence electrons. The van der Waals surface area contributed by atoms with E-state index in [1.807, 2.05) is 0 Å². The maximum Gasteiger partial charge on any atom is 0.266 e. The van der Waals surface area contributed by atoms with Gasteiger partial charge in [0, 0.05) is 10.5 Å². The molecule has 1 aromatic heterocycles. The molecule has 0 fully saturated rings. The van der Waals surface area contributed by atoms with Crippen LogP contribution in [0.2, 0.25) is 0 Å². The molecule has 0 saturated carbocycles. The minimum Gasteiger partial charge on any atom is -0.478 e. The van der Waals surface area contributed by atoms with E-state index in [0.29, 0.717) is 16.1 Å². The molecule has 1 heterocycles. The summed E-state index contributed by atoms with van der Waals surface area (Å²) in [6.45, 7) is 3.23. The summed E-state index contributed by atoms with van der Waals surface area (Å²) in [7, 11) is 0. The molecule has 1 N–H and O–H groups in total. The zero-order valence-corrected chi connectivity index (χ0v) is 12.4. The summed E-state index contributed by atoms with van der Waals surface area (Å²) in [4.78, 5) is 11.9. The van der Waals surface area contributed by atoms with E-state index in [-0.39, 0.29) is 5.75 Å². The Bertz CT molecular complexity index is 630. The van der Waals surface area contributed by atoms with E-state index in [4.69, 9.17) is 9.26 Å². The highest BCUT2D eigenvalue weighted by Crippen LogP contribution is 2.22. The number of carbonyl (C=O) groups excluding carboxylic acids is 1. The predicted octanol–water partition coefficient (Wildman–Crippen LogP) is 3.29. The Balaban J connectivity index is 2.00. The van der Waals surface area contributed by atoms with Gasteiger partial charge in [0.1, 0.15) is 5.76 Å². The molecule has 0 spiro atoms. The maximum atomic E-state index is 13.6. The standard InChI is InChI=1S/C13H12BrFN2O3/c1-7-5-12(17-20-7)16-13(18)8(2)19-11-4-3-9(14)6-10(11)15/h3-6,8H,1-2H3,(H,16,17,18). The van der Waals surface area contributed by atoms with Crippen molar-refractivity contribution in [3.8, 4) is 5.75 Å². The molecule has 0 radical (unpaired) electrons. The van der Waals surface area contributed by atoms with Gasteiger partial charge in [0.25, 0.3) is 5.91 Å². The smallest absolute Gasteiger partial charge is 0.266 e. The number of nitrogens with zero attached hydrogens (tertiary/aromatic N) is 1. The van der Waals surface area contributed by atoms with Gasteiger partial charge in [0.2, 0.25) is 0 Å². The number of amides is 1. The summed E-state index contributed by atoms with van der Waals surface area (Å²) in [6, 6.07) is 5.92. The van der Waals surface area contributed by atoms with Gasteiger partial charge in [0.05, 0.1) is 0 Å². The molecule has 1 aromatic carbocycles. The van der Waals surface area contributed by atoms with Crippen molar-refractivity contribution in [2.75, 3.05) is 5.32 Å². The van der Waals surface area contributed by atoms with Crippen molar-refractivity contribution in [2.24, 2.45) is 0 Å². The number of anilines is 1. The number of aromatic nitrogens is 1. The molecular weight excluding hydrogens is 331 g/mol. The average Bonchev–Trinajstić information content (AvgIpc) is 2.78. The van der Waals surface area contributed by atoms with Gasteiger partial charge >= 0.3 is 0 Å². The van der Waals surface area contributed by atoms with Gasteiger partial charge in [-0.25, -0.2) is 4.39 Å². The molecule has 0 saturated heterocycles. The topological polar surface area (TPSA) is 64.4 Å². The summed E-state index contributed by atoms with van der Waals surface area (Å²) in [6.07, 6.45) is -0.873. The summed E-state index contributed by atoms with van der Waals surface area (Å²) in [5.41, 5.74) is 0. The van der Waals surface area contributed by atoms with E-state index < -0.39 is 17.8 Å². The fraction of sp³-hybridized carbons (Fsp3) is 0.231. The van der Waals surface area contributed by atoms with Gasteiger partial charge in [-0.3, -0.25) is 4.79 Å². The Morgan fingerprint density at radius 2 is 2.25 bits per heavy atom. The summed E-state index contributed by atoms with van der Waals surface area (Å²) < 4.78 is 24.3. The lowest BCUT2D eigenvalue weighted by molar-refractivity contribution is -0.122. The van der Waals surface area contributed by atoms with E-state index >= 15 is 0 Å². The van der Waals surface area contributed by atoms with Gasteiger partial charge in [0.15, 0.2) is 23.5 Å². The second-order valence-corrected chi connectivity index (χ2v) is 5.06. The Morgan fingerprint density at radius 1 is 1.50 bits per heavy atom. The van der Waals surface area contributed by atoms with Crippen molar-refractivity contribution in [1.82, 2.24) is 5.16 Å². The minimum absolute atomic E-state index is 0.00665. The summed E-state index contributed by atoms with van der Waals surface area (Å²) >= 11 is 3.14. The fourth-order valence-electron chi connectivity index (χ4n) is 1.47. The van der Waals surface area contributed by atoms with Crippen molar-refractivity contribution < 1.29 is 18.4 Å². The number of nitrogens with one attached hydrogen (secondary N) is 1. The van der Waals surface area contributed by atoms with Crippen LogP contribution in [0, 0.1) is 12.7 Å². The molecular formula is C13H12BrFN2O3. The number of hydrogen-bond acceptors (Lipinski definition) is 4. The highest BCUT2D eigenvalue weighted by atomic mass is 79.9. The molecule has 1 unspecified atom stereocenters. The molecule has 0 aliphatic carbocycles. The zero-order valence-electron chi connectivity index (χ0n) is 10.8. The third kappa shape index (κ3) is 3.57. The Hall–Kier alpha value is -1.89. The van der Waals surface area contributed by atoms with E-state index in [2.05, 4.69) is 26.4 Å². The second kappa shape index (κ2) is 6.04. The van der Waals surface area contributed by atoms with Gasteiger partial charge in [-0.15, -0.1) is 0 Å². The monoisotopic (exact) mass is 342 g/mol. The summed E-state index contributed by atoms with van der Waals surface area (Å²) in [5.74, 6) is -0.115. The third-order valence-electron chi connectivity index (χ3n) is 2.45. The quantitative estimate of drug-likeness (QED) is 0.925. The third-order valence-corrected chi connectivity index (χ3v) is 2.94. The van der Waals surface area contributed by atoms with E-state index in [9.17, 15) is 9.18 Å². The number of ether oxygens (including phenoxy) is 1. The van der Waals surface area contributed by atoms with Crippen molar-refractivity contribution >= 4 is 27.7 Å². The first-order chi connectivity index (χ1) is 9.45. The van der Waals surface area contributed by atoms with Gasteiger partial charge in [-0.05, 0) is 32.0 Å². The first kappa shape index (κ1) is 14.5. The maximum absolute atomic E-state index is 13.6. The van der Waals surface area contributed by atoms with Gasteiger partial charge < -0.3 is 14.6 Å². The molecule has 0 aliphatic rings. The van der Waals surface area contributed by atoms with Crippen LogP contribution in [0.4, 0.5) is 10.2 Å². The lowest BCUT2D eigenvalue weighted by Crippen LogP contribution is -2.30. The van der Waals surface area contributed by atoms with Crippen LogP contribution in [0.25, 0.3) is 0 Å². The van der Waals surface area contributed by atoms with Crippen LogP contribution >= 0.6 is 15.9 Å². The first-order valence-corrected chi connectivity index (χ1v) is 6.61. The van der Waals surface area contributed by atoms with Crippen molar-refractivity contribution in [3.63, 3.8) is 0 Å². The van der Waals surface area contributed by atoms with Crippen LogP contribution in [0.1, 0.15) is 12.7 Å². The van der Waals surface area contributed by atoms with Crippen molar-refractivity contribution in [2.45, 2.75) is 20.0 Å². The van der Waals surface area contributed by atoms with E-state index in [1.54, 1.807) is 19.1 Å². The Morgan fingerprint density at radius 3 is 2.85 bits per heavy atom. The lowest BCUT2D eigenvalue weighted by atomic mass is 10.3. The molecule has 1 amide bonds. The van der Waals surface area contributed by atoms with Crippen molar-refractivity contribution in [3.05, 3.63) is 40.3 Å². The highest BCUT2D eigenvalue weighted by Gasteiger charge is 2.18. The minimum atomic E-state index is -0.873. The summed E-state index contributed by atoms with van der Waals surface area (Å²) in [5, 5.41) is 6.14. The molecule has 0 aliphatic heterocycles.